The molecule has 2 aliphatic heterocycles. The molecule has 2 saturated heterocycles. The van der Waals surface area contributed by atoms with Crippen molar-refractivity contribution in [2.45, 2.75) is 59.9 Å². The first-order valence-corrected chi connectivity index (χ1v) is 16.4. The molecule has 44 heavy (non-hydrogen) atoms. The van der Waals surface area contributed by atoms with Crippen LogP contribution in [0.15, 0.2) is 36.5 Å². The van der Waals surface area contributed by atoms with Crippen LogP contribution < -0.4 is 0 Å². The number of para-hydroxylation sites is 1. The van der Waals surface area contributed by atoms with Crippen molar-refractivity contribution >= 4 is 16.7 Å². The summed E-state index contributed by atoms with van der Waals surface area (Å²) in [7, 11) is 4.29. The summed E-state index contributed by atoms with van der Waals surface area (Å²) in [6, 6.07) is 10.4. The zero-order chi connectivity index (χ0) is 32.0. The Morgan fingerprint density at radius 1 is 0.727 bits per heavy atom. The van der Waals surface area contributed by atoms with Crippen LogP contribution in [0.4, 0.5) is 0 Å². The van der Waals surface area contributed by atoms with Crippen LogP contribution in [-0.4, -0.2) is 136 Å². The number of β-amino-alcohol motifs (C(OH)–C–C–N with tert-alkyl or cyclic N) is 2. The number of likely N-dealkylation sites (N-methyl/N-ethyl adjacent to an activating group) is 2. The van der Waals surface area contributed by atoms with E-state index in [1.165, 1.54) is 22.2 Å². The number of aromatic nitrogens is 2. The van der Waals surface area contributed by atoms with Crippen molar-refractivity contribution in [3.05, 3.63) is 59.0 Å². The largest absolute Gasteiger partial charge is 0.390 e. The lowest BCUT2D eigenvalue weighted by Crippen LogP contribution is -2.47. The van der Waals surface area contributed by atoms with Gasteiger partial charge in [-0.15, -0.1) is 0 Å². The van der Waals surface area contributed by atoms with Crippen molar-refractivity contribution in [3.8, 4) is 0 Å². The van der Waals surface area contributed by atoms with Crippen LogP contribution in [0, 0.1) is 26.7 Å². The van der Waals surface area contributed by atoms with E-state index in [0.717, 1.165) is 70.2 Å². The number of benzene rings is 1. The van der Waals surface area contributed by atoms with Crippen LogP contribution in [0.2, 0.25) is 0 Å². The average molecular weight is 609 g/mol. The van der Waals surface area contributed by atoms with Crippen molar-refractivity contribution in [2.75, 3.05) is 79.5 Å². The van der Waals surface area contributed by atoms with Gasteiger partial charge in [0.2, 0.25) is 0 Å². The fourth-order valence-electron chi connectivity index (χ4n) is 6.37. The highest BCUT2D eigenvalue weighted by Gasteiger charge is 2.21. The van der Waals surface area contributed by atoms with Gasteiger partial charge in [0.25, 0.3) is 0 Å². The number of aliphatic hydroxyl groups excluding tert-OH is 2. The Kier molecular flexibility index (Phi) is 12.2. The second-order valence-electron chi connectivity index (χ2n) is 13.3. The fourth-order valence-corrected chi connectivity index (χ4v) is 6.37. The van der Waals surface area contributed by atoms with Gasteiger partial charge in [0.15, 0.2) is 5.78 Å². The minimum Gasteiger partial charge on any atom is -0.390 e. The second kappa shape index (κ2) is 15.7. The molecular weight excluding hydrogens is 552 g/mol. The van der Waals surface area contributed by atoms with Crippen LogP contribution in [0.3, 0.4) is 0 Å². The standard InChI is InChI=1S/C18H27N3O.C17H29N3O2/c1-14-15(2)21(18-7-5-4-6-17(14)18)13-16(22)12-20-10-8-19(3)9-11-20;1-13(2)17(22)16-5-6-20(14(16)3)12-15(21)11-19-9-7-18(4)8-10-19/h4-7,16,22H,8-13H2,1-3H3;5-6,13,15,21H,7-12H2,1-4H3. The van der Waals surface area contributed by atoms with Gasteiger partial charge in [-0.3, -0.25) is 14.6 Å². The molecule has 0 bridgehead atoms. The van der Waals surface area contributed by atoms with Gasteiger partial charge in [0, 0.05) is 112 Å². The first kappa shape index (κ1) is 34.3. The summed E-state index contributed by atoms with van der Waals surface area (Å²) in [4.78, 5) is 21.5. The number of rotatable bonds is 10. The van der Waals surface area contributed by atoms with Crippen LogP contribution >= 0.6 is 0 Å². The van der Waals surface area contributed by atoms with Crippen LogP contribution in [0.1, 0.15) is 41.2 Å². The number of aliphatic hydroxyl groups is 2. The summed E-state index contributed by atoms with van der Waals surface area (Å²) in [5, 5.41) is 22.2. The molecule has 0 aliphatic carbocycles. The van der Waals surface area contributed by atoms with Gasteiger partial charge in [0.05, 0.1) is 18.8 Å². The van der Waals surface area contributed by atoms with Crippen molar-refractivity contribution < 1.29 is 15.0 Å². The van der Waals surface area contributed by atoms with Gasteiger partial charge in [-0.2, -0.15) is 0 Å². The van der Waals surface area contributed by atoms with E-state index in [4.69, 9.17) is 0 Å². The minimum atomic E-state index is -0.406. The molecule has 244 valence electrons. The fraction of sp³-hybridized carbons (Fsp3) is 0.629. The maximum Gasteiger partial charge on any atom is 0.167 e. The molecule has 4 heterocycles. The lowest BCUT2D eigenvalue weighted by atomic mass is 10.0. The first-order chi connectivity index (χ1) is 20.9. The molecule has 0 amide bonds. The van der Waals surface area contributed by atoms with Crippen molar-refractivity contribution in [3.63, 3.8) is 0 Å². The van der Waals surface area contributed by atoms with Gasteiger partial charge in [0.1, 0.15) is 0 Å². The summed E-state index contributed by atoms with van der Waals surface area (Å²) in [5.74, 6) is 0.176. The number of aryl methyl sites for hydroxylation is 1. The molecule has 1 aromatic carbocycles. The van der Waals surface area contributed by atoms with E-state index < -0.39 is 6.10 Å². The third-order valence-corrected chi connectivity index (χ3v) is 9.51. The number of ketones is 1. The van der Waals surface area contributed by atoms with Crippen molar-refractivity contribution in [2.24, 2.45) is 5.92 Å². The zero-order valence-corrected chi connectivity index (χ0v) is 28.2. The molecule has 9 nitrogen and oxygen atoms in total. The molecule has 9 heteroatoms. The zero-order valence-electron chi connectivity index (χ0n) is 28.2. The lowest BCUT2D eigenvalue weighted by molar-refractivity contribution is 0.0707. The normalized spacial score (nSPS) is 18.9. The summed E-state index contributed by atoms with van der Waals surface area (Å²) in [5.41, 5.74) is 5.55. The predicted molar refractivity (Wildman–Crippen MR) is 180 cm³/mol. The van der Waals surface area contributed by atoms with E-state index >= 15 is 0 Å². The monoisotopic (exact) mass is 608 g/mol. The molecule has 3 aromatic rings. The van der Waals surface area contributed by atoms with Gasteiger partial charge in [-0.25, -0.2) is 0 Å². The molecule has 2 unspecified atom stereocenters. The number of hydrogen-bond acceptors (Lipinski definition) is 7. The Hall–Kier alpha value is -2.53. The summed E-state index contributed by atoms with van der Waals surface area (Å²) in [6.45, 7) is 21.2. The summed E-state index contributed by atoms with van der Waals surface area (Å²) >= 11 is 0. The number of Topliss-reactive ketones (excluding diaryl/α,β-unsaturated/α-hetero) is 1. The van der Waals surface area contributed by atoms with Gasteiger partial charge in [-0.05, 0) is 52.6 Å². The smallest absolute Gasteiger partial charge is 0.167 e. The molecular formula is C35H56N6O3. The highest BCUT2D eigenvalue weighted by Crippen LogP contribution is 2.25. The minimum absolute atomic E-state index is 0.00446. The molecule has 0 spiro atoms. The predicted octanol–water partition coefficient (Wildman–Crippen LogP) is 3.11. The van der Waals surface area contributed by atoms with Crippen LogP contribution in [0.5, 0.6) is 0 Å². The number of carbonyl (C=O) groups excluding carboxylic acids is 1. The van der Waals surface area contributed by atoms with Gasteiger partial charge < -0.3 is 29.1 Å². The average Bonchev–Trinajstić information content (AvgIpc) is 3.47. The molecule has 2 fully saturated rings. The number of carbonyl (C=O) groups is 1. The van der Waals surface area contributed by atoms with E-state index in [1.807, 2.05) is 37.6 Å². The summed E-state index contributed by atoms with van der Waals surface area (Å²) < 4.78 is 4.27. The number of nitrogens with zero attached hydrogens (tertiary/aromatic N) is 6. The third kappa shape index (κ3) is 8.80. The Balaban J connectivity index is 0.000000201. The number of fused-ring (bicyclic) bond motifs is 1. The topological polar surface area (TPSA) is 80.3 Å². The van der Waals surface area contributed by atoms with Crippen molar-refractivity contribution in [1.82, 2.24) is 28.7 Å². The molecule has 2 atom stereocenters. The summed E-state index contributed by atoms with van der Waals surface area (Å²) in [6.07, 6.45) is 1.19. The highest BCUT2D eigenvalue weighted by atomic mass is 16.3. The van der Waals surface area contributed by atoms with E-state index in [-0.39, 0.29) is 17.8 Å². The molecule has 2 aliphatic rings. The first-order valence-electron chi connectivity index (χ1n) is 16.4. The Morgan fingerprint density at radius 2 is 1.25 bits per heavy atom. The number of piperazine rings is 2. The molecule has 0 saturated carbocycles. The van der Waals surface area contributed by atoms with Gasteiger partial charge in [-0.1, -0.05) is 32.0 Å². The quantitative estimate of drug-likeness (QED) is 0.343. The number of hydrogen-bond donors (Lipinski definition) is 2. The van der Waals surface area contributed by atoms with E-state index in [0.29, 0.717) is 19.6 Å². The van der Waals surface area contributed by atoms with Crippen LogP contribution in [-0.2, 0) is 13.1 Å². The molecule has 2 N–H and O–H groups in total. The van der Waals surface area contributed by atoms with E-state index in [2.05, 4.69) is 76.4 Å². The Labute approximate surface area is 264 Å². The molecule has 2 aromatic heterocycles. The second-order valence-corrected chi connectivity index (χ2v) is 13.3. The highest BCUT2D eigenvalue weighted by molar-refractivity contribution is 5.98. The SMILES string of the molecule is Cc1c(C(=O)C(C)C)ccn1CC(O)CN1CCN(C)CC1.Cc1c(C)n(CC(O)CN2CCN(C)CC2)c2ccccc12. The Bertz CT molecular complexity index is 1350. The molecule has 5 rings (SSSR count). The van der Waals surface area contributed by atoms with E-state index in [1.54, 1.807) is 0 Å². The lowest BCUT2D eigenvalue weighted by Gasteiger charge is -2.33. The maximum absolute atomic E-state index is 12.1. The van der Waals surface area contributed by atoms with E-state index in [9.17, 15) is 15.0 Å². The Morgan fingerprint density at radius 3 is 1.80 bits per heavy atom. The van der Waals surface area contributed by atoms with Gasteiger partial charge >= 0.3 is 0 Å². The molecule has 0 radical (unpaired) electrons. The van der Waals surface area contributed by atoms with Crippen LogP contribution in [0.25, 0.3) is 10.9 Å². The maximum atomic E-state index is 12.1. The van der Waals surface area contributed by atoms with Crippen molar-refractivity contribution in [1.29, 1.82) is 0 Å². The third-order valence-electron chi connectivity index (χ3n) is 9.51.